The third-order valence-electron chi connectivity index (χ3n) is 2.81. The topological polar surface area (TPSA) is 37.8 Å². The maximum absolute atomic E-state index is 11.7. The van der Waals surface area contributed by atoms with Gasteiger partial charge in [0.15, 0.2) is 0 Å². The largest absolute Gasteiger partial charge is 0.299 e. The normalized spacial score (nSPS) is 16.7. The van der Waals surface area contributed by atoms with Gasteiger partial charge in [-0.1, -0.05) is 6.42 Å². The van der Waals surface area contributed by atoms with Crippen LogP contribution in [0.1, 0.15) is 37.4 Å². The zero-order valence-electron chi connectivity index (χ0n) is 8.10. The van der Waals surface area contributed by atoms with Gasteiger partial charge in [-0.2, -0.15) is 0 Å². The van der Waals surface area contributed by atoms with Crippen LogP contribution in [0, 0.1) is 0 Å². The van der Waals surface area contributed by atoms with E-state index in [1.165, 1.54) is 25.0 Å². The molecule has 0 aromatic carbocycles. The second-order valence-electron chi connectivity index (χ2n) is 3.68. The fourth-order valence-electron chi connectivity index (χ4n) is 2.04. The van der Waals surface area contributed by atoms with Gasteiger partial charge in [-0.3, -0.25) is 14.6 Å². The van der Waals surface area contributed by atoms with E-state index >= 15 is 0 Å². The van der Waals surface area contributed by atoms with Gasteiger partial charge in [0, 0.05) is 17.8 Å². The molecule has 0 radical (unpaired) electrons. The Morgan fingerprint density at radius 2 is 2.08 bits per heavy atom. The van der Waals surface area contributed by atoms with Crippen LogP contribution >= 0.6 is 0 Å². The second kappa shape index (κ2) is 3.40. The molecule has 1 aliphatic carbocycles. The first-order valence-corrected chi connectivity index (χ1v) is 5.13. The van der Waals surface area contributed by atoms with Gasteiger partial charge >= 0.3 is 0 Å². The van der Waals surface area contributed by atoms with Gasteiger partial charge in [-0.15, -0.1) is 0 Å². The molecule has 0 amide bonds. The molecule has 1 aromatic heterocycles. The summed E-state index contributed by atoms with van der Waals surface area (Å²) in [4.78, 5) is 11.7. The number of hydrogen-bond donors (Lipinski definition) is 1. The van der Waals surface area contributed by atoms with Crippen LogP contribution in [0.25, 0.3) is 0 Å². The molecule has 3 heteroatoms. The molecule has 1 heterocycles. The van der Waals surface area contributed by atoms with Crippen LogP contribution in [0.4, 0.5) is 0 Å². The molecule has 0 bridgehead atoms. The Morgan fingerprint density at radius 1 is 1.31 bits per heavy atom. The van der Waals surface area contributed by atoms with Gasteiger partial charge in [-0.25, -0.2) is 0 Å². The summed E-state index contributed by atoms with van der Waals surface area (Å²) in [5.41, 5.74) is 2.43. The highest BCUT2D eigenvalue weighted by molar-refractivity contribution is 5.18. The average molecular weight is 180 g/mol. The van der Waals surface area contributed by atoms with E-state index in [1.807, 2.05) is 6.92 Å². The molecule has 72 valence electrons. The Balaban J connectivity index is 2.45. The summed E-state index contributed by atoms with van der Waals surface area (Å²) in [5.74, 6) is 0. The molecule has 0 saturated carbocycles. The van der Waals surface area contributed by atoms with Crippen molar-refractivity contribution in [3.63, 3.8) is 0 Å². The Kier molecular flexibility index (Phi) is 2.25. The quantitative estimate of drug-likeness (QED) is 0.653. The molecule has 0 fully saturated rings. The van der Waals surface area contributed by atoms with E-state index in [9.17, 15) is 4.79 Å². The summed E-state index contributed by atoms with van der Waals surface area (Å²) in [6.07, 6.45) is 5.67. The van der Waals surface area contributed by atoms with Crippen LogP contribution < -0.4 is 5.56 Å². The number of nitrogens with zero attached hydrogens (tertiary/aromatic N) is 1. The van der Waals surface area contributed by atoms with E-state index < -0.39 is 0 Å². The smallest absolute Gasteiger partial charge is 0.269 e. The molecule has 13 heavy (non-hydrogen) atoms. The number of hydrogen-bond acceptors (Lipinski definition) is 1. The number of rotatable bonds is 1. The first-order valence-electron chi connectivity index (χ1n) is 5.13. The van der Waals surface area contributed by atoms with Crippen LogP contribution in [0.2, 0.25) is 0 Å². The van der Waals surface area contributed by atoms with Gasteiger partial charge in [0.1, 0.15) is 0 Å². The number of H-pyrrole nitrogens is 1. The molecular weight excluding hydrogens is 164 g/mol. The first kappa shape index (κ1) is 8.60. The Labute approximate surface area is 77.7 Å². The highest BCUT2D eigenvalue weighted by Gasteiger charge is 2.15. The molecule has 3 nitrogen and oxygen atoms in total. The average Bonchev–Trinajstić information content (AvgIpc) is 2.37. The summed E-state index contributed by atoms with van der Waals surface area (Å²) in [7, 11) is 0. The molecular formula is C10H16N2O. The maximum Gasteiger partial charge on any atom is 0.269 e. The highest BCUT2D eigenvalue weighted by atomic mass is 16.1. The lowest BCUT2D eigenvalue weighted by molar-refractivity contribution is 0.612. The molecule has 0 aliphatic heterocycles. The maximum atomic E-state index is 11.7. The summed E-state index contributed by atoms with van der Waals surface area (Å²) < 4.78 is 1.72. The molecule has 0 spiro atoms. The molecule has 0 unspecified atom stereocenters. The molecule has 1 aromatic rings. The molecule has 0 atom stereocenters. The van der Waals surface area contributed by atoms with Crippen molar-refractivity contribution in [3.05, 3.63) is 21.6 Å². The summed E-state index contributed by atoms with van der Waals surface area (Å²) in [6, 6.07) is 0. The minimum absolute atomic E-state index is 0.208. The van der Waals surface area contributed by atoms with Gasteiger partial charge in [0.05, 0.1) is 0 Å². The zero-order chi connectivity index (χ0) is 9.26. The molecule has 2 rings (SSSR count). The molecule has 0 saturated heterocycles. The summed E-state index contributed by atoms with van der Waals surface area (Å²) >= 11 is 0. The number of nitrogens with one attached hydrogen (secondary N) is 1. The van der Waals surface area contributed by atoms with Gasteiger partial charge in [0.25, 0.3) is 5.56 Å². The van der Waals surface area contributed by atoms with E-state index in [2.05, 4.69) is 5.10 Å². The number of fused-ring (bicyclic) bond motifs is 1. The minimum atomic E-state index is 0.208. The van der Waals surface area contributed by atoms with Crippen molar-refractivity contribution in [1.82, 2.24) is 9.78 Å². The van der Waals surface area contributed by atoms with Crippen molar-refractivity contribution in [3.8, 4) is 0 Å². The van der Waals surface area contributed by atoms with Crippen LogP contribution in [-0.2, 0) is 19.4 Å². The lowest BCUT2D eigenvalue weighted by atomic mass is 10.1. The fourth-order valence-corrected chi connectivity index (χ4v) is 2.04. The van der Waals surface area contributed by atoms with E-state index in [-0.39, 0.29) is 5.56 Å². The minimum Gasteiger partial charge on any atom is -0.299 e. The first-order chi connectivity index (χ1) is 6.33. The Hall–Kier alpha value is -0.990. The van der Waals surface area contributed by atoms with E-state index in [0.717, 1.165) is 24.9 Å². The monoisotopic (exact) mass is 180 g/mol. The van der Waals surface area contributed by atoms with Gasteiger partial charge in [0.2, 0.25) is 0 Å². The third-order valence-corrected chi connectivity index (χ3v) is 2.81. The van der Waals surface area contributed by atoms with Crippen molar-refractivity contribution in [2.75, 3.05) is 0 Å². The van der Waals surface area contributed by atoms with E-state index in [0.29, 0.717) is 0 Å². The third kappa shape index (κ3) is 1.43. The van der Waals surface area contributed by atoms with Crippen LogP contribution in [0.15, 0.2) is 4.79 Å². The van der Waals surface area contributed by atoms with Crippen LogP contribution in [0.3, 0.4) is 0 Å². The van der Waals surface area contributed by atoms with Gasteiger partial charge in [-0.05, 0) is 32.6 Å². The lowest BCUT2D eigenvalue weighted by Crippen LogP contribution is -2.17. The fraction of sp³-hybridized carbons (Fsp3) is 0.700. The number of aromatic nitrogens is 2. The standard InChI is InChI=1S/C10H16N2O/c1-2-12-10(13)8-6-4-3-5-7-9(8)11-12/h11H,2-7H2,1H3. The lowest BCUT2D eigenvalue weighted by Gasteiger charge is -1.95. The summed E-state index contributed by atoms with van der Waals surface area (Å²) in [6.45, 7) is 2.75. The number of aromatic amines is 1. The zero-order valence-corrected chi connectivity index (χ0v) is 8.10. The van der Waals surface area contributed by atoms with Crippen molar-refractivity contribution in [2.45, 2.75) is 45.6 Å². The van der Waals surface area contributed by atoms with E-state index in [1.54, 1.807) is 4.68 Å². The molecule has 1 N–H and O–H groups in total. The predicted molar refractivity (Wildman–Crippen MR) is 52.0 cm³/mol. The van der Waals surface area contributed by atoms with Crippen molar-refractivity contribution < 1.29 is 0 Å². The van der Waals surface area contributed by atoms with Crippen molar-refractivity contribution in [2.24, 2.45) is 0 Å². The highest BCUT2D eigenvalue weighted by Crippen LogP contribution is 2.15. The Bertz CT molecular complexity index is 348. The van der Waals surface area contributed by atoms with Gasteiger partial charge < -0.3 is 0 Å². The predicted octanol–water partition coefficient (Wildman–Crippen LogP) is 1.47. The Morgan fingerprint density at radius 3 is 2.85 bits per heavy atom. The van der Waals surface area contributed by atoms with Crippen LogP contribution in [0.5, 0.6) is 0 Å². The second-order valence-corrected chi connectivity index (χ2v) is 3.68. The van der Waals surface area contributed by atoms with Crippen molar-refractivity contribution >= 4 is 0 Å². The SMILES string of the molecule is CCn1[nH]c2c(c1=O)CCCCC2. The molecule has 1 aliphatic rings. The van der Waals surface area contributed by atoms with Crippen LogP contribution in [-0.4, -0.2) is 9.78 Å². The summed E-state index contributed by atoms with van der Waals surface area (Å²) in [5, 5.41) is 3.20. The van der Waals surface area contributed by atoms with Crippen molar-refractivity contribution in [1.29, 1.82) is 0 Å². The number of aryl methyl sites for hydroxylation is 2. The van der Waals surface area contributed by atoms with E-state index in [4.69, 9.17) is 0 Å².